The zero-order valence-electron chi connectivity index (χ0n) is 18.6. The largest absolute Gasteiger partial charge is 0.462 e. The molecule has 2 aromatic heterocycles. The number of furan rings is 1. The van der Waals surface area contributed by atoms with E-state index in [0.29, 0.717) is 40.4 Å². The van der Waals surface area contributed by atoms with Gasteiger partial charge in [0.05, 0.1) is 12.2 Å². The van der Waals surface area contributed by atoms with E-state index in [0.717, 1.165) is 22.6 Å². The van der Waals surface area contributed by atoms with E-state index in [1.54, 1.807) is 19.1 Å². The minimum Gasteiger partial charge on any atom is -0.462 e. The van der Waals surface area contributed by atoms with Crippen LogP contribution in [0.2, 0.25) is 0 Å². The second-order valence-electron chi connectivity index (χ2n) is 7.37. The Labute approximate surface area is 200 Å². The third-order valence-electron chi connectivity index (χ3n) is 5.17. The van der Waals surface area contributed by atoms with Crippen LogP contribution >= 0.6 is 11.8 Å². The van der Waals surface area contributed by atoms with E-state index in [-0.39, 0.29) is 5.97 Å². The maximum atomic E-state index is 11.9. The molecule has 5 rings (SSSR count). The lowest BCUT2D eigenvalue weighted by molar-refractivity contribution is 0.0526. The third-order valence-corrected chi connectivity index (χ3v) is 5.89. The number of carbonyl (C=O) groups excluding carboxylic acids is 1. The molecule has 1 aliphatic heterocycles. The summed E-state index contributed by atoms with van der Waals surface area (Å²) in [5.74, 6) is 2.10. The molecule has 0 amide bonds. The number of aromatic nitrogens is 3. The Morgan fingerprint density at radius 3 is 2.68 bits per heavy atom. The van der Waals surface area contributed by atoms with Gasteiger partial charge >= 0.3 is 5.97 Å². The third kappa shape index (κ3) is 4.34. The summed E-state index contributed by atoms with van der Waals surface area (Å²) in [7, 11) is 0. The highest BCUT2D eigenvalue weighted by Gasteiger charge is 2.28. The molecule has 0 spiro atoms. The normalized spacial score (nSPS) is 14.2. The minimum absolute atomic E-state index is 0.335. The summed E-state index contributed by atoms with van der Waals surface area (Å²) < 4.78 is 17.4. The fourth-order valence-electron chi connectivity index (χ4n) is 3.60. The molecule has 0 saturated carbocycles. The lowest BCUT2D eigenvalue weighted by Gasteiger charge is -2.16. The van der Waals surface area contributed by atoms with Gasteiger partial charge in [-0.25, -0.2) is 4.79 Å². The van der Waals surface area contributed by atoms with E-state index in [2.05, 4.69) is 20.5 Å². The van der Waals surface area contributed by atoms with Crippen molar-refractivity contribution in [3.63, 3.8) is 0 Å². The molecule has 0 saturated heterocycles. The quantitative estimate of drug-likeness (QED) is 0.283. The van der Waals surface area contributed by atoms with Crippen molar-refractivity contribution in [2.24, 2.45) is 0 Å². The molecule has 1 atom stereocenters. The number of hydrogen-bond donors (Lipinski definition) is 1. The number of ether oxygens (including phenoxy) is 2. The highest BCUT2D eigenvalue weighted by molar-refractivity contribution is 7.99. The predicted octanol–water partition coefficient (Wildman–Crippen LogP) is 5.59. The van der Waals surface area contributed by atoms with Crippen molar-refractivity contribution in [3.8, 4) is 28.5 Å². The number of thioether (sulfide) groups is 1. The molecular weight excluding hydrogens is 452 g/mol. The molecular formula is C25H22N4O4S. The smallest absolute Gasteiger partial charge is 0.338 e. The Morgan fingerprint density at radius 2 is 1.88 bits per heavy atom. The van der Waals surface area contributed by atoms with Crippen LogP contribution in [0.25, 0.3) is 22.6 Å². The van der Waals surface area contributed by atoms with E-state index < -0.39 is 6.23 Å². The van der Waals surface area contributed by atoms with Gasteiger partial charge < -0.3 is 19.2 Å². The van der Waals surface area contributed by atoms with E-state index in [4.69, 9.17) is 13.9 Å². The average molecular weight is 475 g/mol. The number of hydrogen-bond acceptors (Lipinski definition) is 9. The first kappa shape index (κ1) is 22.0. The Bertz CT molecular complexity index is 1320. The number of anilines is 1. The van der Waals surface area contributed by atoms with Gasteiger partial charge in [-0.1, -0.05) is 49.0 Å². The van der Waals surface area contributed by atoms with Gasteiger partial charge in [0.15, 0.2) is 11.5 Å². The highest BCUT2D eigenvalue weighted by Crippen LogP contribution is 2.40. The Hall–Kier alpha value is -3.85. The number of nitrogens with zero attached hydrogens (tertiary/aromatic N) is 3. The second kappa shape index (κ2) is 9.56. The lowest BCUT2D eigenvalue weighted by atomic mass is 10.1. The van der Waals surface area contributed by atoms with Crippen LogP contribution in [-0.2, 0) is 4.74 Å². The molecule has 0 aliphatic carbocycles. The number of esters is 1. The molecule has 9 heteroatoms. The Kier molecular flexibility index (Phi) is 6.18. The molecule has 4 aromatic rings. The van der Waals surface area contributed by atoms with Crippen molar-refractivity contribution in [2.75, 3.05) is 17.7 Å². The number of benzene rings is 2. The van der Waals surface area contributed by atoms with Crippen LogP contribution in [0.1, 0.15) is 36.2 Å². The van der Waals surface area contributed by atoms with Crippen LogP contribution < -0.4 is 10.1 Å². The number of para-hydroxylation sites is 1. The zero-order valence-corrected chi connectivity index (χ0v) is 19.5. The molecule has 1 aliphatic rings. The molecule has 34 heavy (non-hydrogen) atoms. The van der Waals surface area contributed by atoms with Crippen LogP contribution in [0.3, 0.4) is 0 Å². The molecule has 3 heterocycles. The van der Waals surface area contributed by atoms with Crippen LogP contribution in [0.15, 0.2) is 70.2 Å². The zero-order chi connectivity index (χ0) is 23.5. The summed E-state index contributed by atoms with van der Waals surface area (Å²) in [5, 5.41) is 12.6. The van der Waals surface area contributed by atoms with Crippen molar-refractivity contribution < 1.29 is 18.7 Å². The number of fused-ring (bicyclic) bond motifs is 3. The predicted molar refractivity (Wildman–Crippen MR) is 129 cm³/mol. The van der Waals surface area contributed by atoms with Gasteiger partial charge in [0.25, 0.3) is 0 Å². The topological polar surface area (TPSA) is 99.4 Å². The molecule has 2 aromatic carbocycles. The monoisotopic (exact) mass is 474 g/mol. The van der Waals surface area contributed by atoms with Gasteiger partial charge in [0.2, 0.25) is 17.3 Å². The minimum atomic E-state index is -0.619. The SMILES string of the molecule is CCOC(=O)c1ccc(-c2ccc(C3Nc4ccccc4-c4nnc(SCC)nc4O3)o2)cc1. The van der Waals surface area contributed by atoms with Crippen molar-refractivity contribution in [1.29, 1.82) is 0 Å². The van der Waals surface area contributed by atoms with Crippen LogP contribution in [0, 0.1) is 0 Å². The summed E-state index contributed by atoms with van der Waals surface area (Å²) in [5.41, 5.74) is 3.60. The molecule has 0 bridgehead atoms. The maximum Gasteiger partial charge on any atom is 0.338 e. The fraction of sp³-hybridized carbons (Fsp3) is 0.200. The van der Waals surface area contributed by atoms with E-state index >= 15 is 0 Å². The van der Waals surface area contributed by atoms with Gasteiger partial charge in [0.1, 0.15) is 5.76 Å². The van der Waals surface area contributed by atoms with Crippen LogP contribution in [0.4, 0.5) is 5.69 Å². The van der Waals surface area contributed by atoms with Gasteiger partial charge in [-0.2, -0.15) is 4.98 Å². The summed E-state index contributed by atoms with van der Waals surface area (Å²) in [6.45, 7) is 4.15. The maximum absolute atomic E-state index is 11.9. The summed E-state index contributed by atoms with van der Waals surface area (Å²) in [6, 6.07) is 18.6. The standard InChI is InChI=1S/C25H22N4O4S/c1-3-31-24(30)16-11-9-15(10-12-16)19-13-14-20(32-19)22-26-18-8-6-5-7-17(18)21-23(33-22)27-25(29-28-21)34-4-2/h5-14,22,26H,3-4H2,1-2H3. The van der Waals surface area contributed by atoms with Gasteiger partial charge in [-0.05, 0) is 43.0 Å². The van der Waals surface area contributed by atoms with Gasteiger partial charge in [-0.3, -0.25) is 0 Å². The molecule has 0 radical (unpaired) electrons. The van der Waals surface area contributed by atoms with E-state index in [1.807, 2.05) is 55.5 Å². The summed E-state index contributed by atoms with van der Waals surface area (Å²) >= 11 is 1.50. The number of nitrogens with one attached hydrogen (secondary N) is 1. The second-order valence-corrected chi connectivity index (χ2v) is 8.60. The molecule has 172 valence electrons. The molecule has 1 N–H and O–H groups in total. The number of rotatable bonds is 6. The fourth-order valence-corrected chi connectivity index (χ4v) is 4.10. The van der Waals surface area contributed by atoms with Crippen molar-refractivity contribution >= 4 is 23.4 Å². The van der Waals surface area contributed by atoms with Crippen molar-refractivity contribution in [2.45, 2.75) is 25.2 Å². The van der Waals surface area contributed by atoms with Crippen molar-refractivity contribution in [1.82, 2.24) is 15.2 Å². The summed E-state index contributed by atoms with van der Waals surface area (Å²) in [4.78, 5) is 16.5. The first-order valence-electron chi connectivity index (χ1n) is 10.9. The Balaban J connectivity index is 1.46. The Morgan fingerprint density at radius 1 is 1.06 bits per heavy atom. The first-order valence-corrected chi connectivity index (χ1v) is 11.9. The summed E-state index contributed by atoms with van der Waals surface area (Å²) in [6.07, 6.45) is -0.619. The van der Waals surface area contributed by atoms with Crippen LogP contribution in [-0.4, -0.2) is 33.5 Å². The lowest BCUT2D eigenvalue weighted by Crippen LogP contribution is -2.16. The van der Waals surface area contributed by atoms with Gasteiger partial charge in [-0.15, -0.1) is 10.2 Å². The van der Waals surface area contributed by atoms with Gasteiger partial charge in [0, 0.05) is 16.8 Å². The van der Waals surface area contributed by atoms with E-state index in [9.17, 15) is 4.79 Å². The number of carbonyl (C=O) groups is 1. The molecule has 8 nitrogen and oxygen atoms in total. The molecule has 0 fully saturated rings. The average Bonchev–Trinajstić information content (AvgIpc) is 3.29. The first-order chi connectivity index (χ1) is 16.7. The molecule has 1 unspecified atom stereocenters. The van der Waals surface area contributed by atoms with E-state index in [1.165, 1.54) is 11.8 Å². The van der Waals surface area contributed by atoms with Crippen LogP contribution in [0.5, 0.6) is 5.88 Å². The highest BCUT2D eigenvalue weighted by atomic mass is 32.2. The van der Waals surface area contributed by atoms with Crippen molar-refractivity contribution in [3.05, 3.63) is 72.0 Å².